The van der Waals surface area contributed by atoms with Gasteiger partial charge in [-0.25, -0.2) is 0 Å². The van der Waals surface area contributed by atoms with E-state index in [-0.39, 0.29) is 36.6 Å². The molecule has 5 unspecified atom stereocenters. The molecule has 7 nitrogen and oxygen atoms in total. The summed E-state index contributed by atoms with van der Waals surface area (Å²) in [4.78, 5) is 0. The van der Waals surface area contributed by atoms with E-state index in [1.165, 1.54) is 0 Å². The monoisotopic (exact) mass is 318 g/mol. The van der Waals surface area contributed by atoms with Crippen LogP contribution >= 0.6 is 0 Å². The first kappa shape index (κ1) is 18.1. The molecule has 0 aliphatic carbocycles. The Morgan fingerprint density at radius 3 is 2.50 bits per heavy atom. The largest absolute Gasteiger partial charge is 0.382 e. The van der Waals surface area contributed by atoms with Gasteiger partial charge in [-0.15, -0.1) is 0 Å². The third-order valence-electron chi connectivity index (χ3n) is 3.51. The molecule has 0 amide bonds. The van der Waals surface area contributed by atoms with Crippen molar-refractivity contribution < 1.29 is 23.7 Å². The lowest BCUT2D eigenvalue weighted by atomic mass is 10.2. The SMILES string of the molecule is COCC(CNC1OC1CCNC1OC1OC(C)(C)C)OC. The molecule has 2 aliphatic heterocycles. The third kappa shape index (κ3) is 6.45. The highest BCUT2D eigenvalue weighted by atomic mass is 16.8. The number of hydrogen-bond acceptors (Lipinski definition) is 7. The summed E-state index contributed by atoms with van der Waals surface area (Å²) in [5.41, 5.74) is -0.171. The van der Waals surface area contributed by atoms with Crippen molar-refractivity contribution in [1.29, 1.82) is 0 Å². The van der Waals surface area contributed by atoms with Gasteiger partial charge in [0.05, 0.1) is 18.3 Å². The molecule has 7 heteroatoms. The molecule has 2 N–H and O–H groups in total. The second-order valence-electron chi connectivity index (χ2n) is 6.71. The van der Waals surface area contributed by atoms with Crippen LogP contribution in [0.4, 0.5) is 0 Å². The van der Waals surface area contributed by atoms with Gasteiger partial charge in [-0.1, -0.05) is 0 Å². The summed E-state index contributed by atoms with van der Waals surface area (Å²) in [6, 6.07) is 0. The Bertz CT molecular complexity index is 336. The minimum atomic E-state index is -0.171. The van der Waals surface area contributed by atoms with E-state index in [4.69, 9.17) is 23.7 Å². The third-order valence-corrected chi connectivity index (χ3v) is 3.51. The Labute approximate surface area is 133 Å². The van der Waals surface area contributed by atoms with Crippen molar-refractivity contribution >= 4 is 0 Å². The van der Waals surface area contributed by atoms with Crippen molar-refractivity contribution in [2.24, 2.45) is 0 Å². The number of hydrogen-bond donors (Lipinski definition) is 2. The lowest BCUT2D eigenvalue weighted by molar-refractivity contribution is -0.0571. The fraction of sp³-hybridized carbons (Fsp3) is 1.00. The Balaban J connectivity index is 1.47. The van der Waals surface area contributed by atoms with Crippen LogP contribution in [0.2, 0.25) is 0 Å². The molecule has 0 aromatic carbocycles. The molecule has 0 spiro atoms. The fourth-order valence-electron chi connectivity index (χ4n) is 2.24. The molecule has 5 atom stereocenters. The summed E-state index contributed by atoms with van der Waals surface area (Å²) < 4.78 is 27.1. The maximum Gasteiger partial charge on any atom is 0.200 e. The maximum atomic E-state index is 5.70. The number of rotatable bonds is 11. The predicted molar refractivity (Wildman–Crippen MR) is 81.5 cm³/mol. The molecule has 2 fully saturated rings. The van der Waals surface area contributed by atoms with Crippen LogP contribution in [0.25, 0.3) is 0 Å². The molecule has 2 heterocycles. The van der Waals surface area contributed by atoms with E-state index in [2.05, 4.69) is 10.6 Å². The van der Waals surface area contributed by atoms with Crippen molar-refractivity contribution in [1.82, 2.24) is 10.6 Å². The van der Waals surface area contributed by atoms with Gasteiger partial charge < -0.3 is 23.7 Å². The van der Waals surface area contributed by atoms with E-state index in [1.807, 2.05) is 20.8 Å². The van der Waals surface area contributed by atoms with Gasteiger partial charge in [0.1, 0.15) is 12.3 Å². The minimum Gasteiger partial charge on any atom is -0.382 e. The summed E-state index contributed by atoms with van der Waals surface area (Å²) >= 11 is 0. The number of ether oxygens (including phenoxy) is 5. The summed E-state index contributed by atoms with van der Waals surface area (Å²) in [6.07, 6.45) is 1.28. The van der Waals surface area contributed by atoms with Crippen molar-refractivity contribution in [3.63, 3.8) is 0 Å². The van der Waals surface area contributed by atoms with Crippen LogP contribution in [0.3, 0.4) is 0 Å². The molecule has 130 valence electrons. The van der Waals surface area contributed by atoms with Gasteiger partial charge in [0, 0.05) is 27.3 Å². The van der Waals surface area contributed by atoms with Crippen LogP contribution in [0, 0.1) is 0 Å². The molecule has 0 radical (unpaired) electrons. The maximum absolute atomic E-state index is 5.70. The van der Waals surface area contributed by atoms with E-state index in [0.29, 0.717) is 6.61 Å². The lowest BCUT2D eigenvalue weighted by Gasteiger charge is -2.17. The van der Waals surface area contributed by atoms with Gasteiger partial charge in [-0.3, -0.25) is 10.6 Å². The summed E-state index contributed by atoms with van der Waals surface area (Å²) in [6.45, 7) is 8.23. The smallest absolute Gasteiger partial charge is 0.200 e. The molecule has 0 aromatic rings. The van der Waals surface area contributed by atoms with E-state index in [9.17, 15) is 0 Å². The molecular weight excluding hydrogens is 288 g/mol. The lowest BCUT2D eigenvalue weighted by Crippen LogP contribution is -2.34. The van der Waals surface area contributed by atoms with Crippen molar-refractivity contribution in [2.45, 2.75) is 63.7 Å². The fourth-order valence-corrected chi connectivity index (χ4v) is 2.24. The van der Waals surface area contributed by atoms with Gasteiger partial charge in [-0.2, -0.15) is 0 Å². The van der Waals surface area contributed by atoms with Gasteiger partial charge in [0.25, 0.3) is 0 Å². The second kappa shape index (κ2) is 8.01. The molecular formula is C15H30N2O5. The van der Waals surface area contributed by atoms with Gasteiger partial charge in [0.15, 0.2) is 12.5 Å². The van der Waals surface area contributed by atoms with Crippen LogP contribution in [0.1, 0.15) is 27.2 Å². The van der Waals surface area contributed by atoms with Crippen LogP contribution in [0.5, 0.6) is 0 Å². The molecule has 2 rings (SSSR count). The van der Waals surface area contributed by atoms with Crippen LogP contribution < -0.4 is 10.6 Å². The van der Waals surface area contributed by atoms with Crippen LogP contribution in [-0.2, 0) is 23.7 Å². The highest BCUT2D eigenvalue weighted by Crippen LogP contribution is 2.27. The Morgan fingerprint density at radius 2 is 1.86 bits per heavy atom. The molecule has 2 aliphatic rings. The van der Waals surface area contributed by atoms with E-state index in [1.54, 1.807) is 14.2 Å². The van der Waals surface area contributed by atoms with Gasteiger partial charge in [-0.05, 0) is 27.2 Å². The van der Waals surface area contributed by atoms with Crippen molar-refractivity contribution in [3.05, 3.63) is 0 Å². The standard InChI is InChI=1S/C15H30N2O5/c1-15(2,3)22-14-13(21-14)16-7-6-11-12(20-11)17-8-10(19-5)9-18-4/h10-14,16-17H,6-9H2,1-5H3. The second-order valence-corrected chi connectivity index (χ2v) is 6.71. The predicted octanol–water partition coefficient (Wildman–Crippen LogP) is 0.440. The van der Waals surface area contributed by atoms with Crippen LogP contribution in [0.15, 0.2) is 0 Å². The zero-order chi connectivity index (χ0) is 16.2. The number of epoxide rings is 2. The first-order valence-electron chi connectivity index (χ1n) is 7.90. The van der Waals surface area contributed by atoms with Crippen molar-refractivity contribution in [2.75, 3.05) is 33.9 Å². The molecule has 0 bridgehead atoms. The summed E-state index contributed by atoms with van der Waals surface area (Å²) in [5, 5.41) is 6.64. The van der Waals surface area contributed by atoms with E-state index >= 15 is 0 Å². The quantitative estimate of drug-likeness (QED) is 0.535. The number of methoxy groups -OCH3 is 2. The Hall–Kier alpha value is -0.280. The zero-order valence-corrected chi connectivity index (χ0v) is 14.3. The molecule has 0 saturated carbocycles. The van der Waals surface area contributed by atoms with Crippen LogP contribution in [-0.4, -0.2) is 70.5 Å². The highest BCUT2D eigenvalue weighted by Gasteiger charge is 2.43. The topological polar surface area (TPSA) is 76.8 Å². The molecule has 2 saturated heterocycles. The molecule has 22 heavy (non-hydrogen) atoms. The van der Waals surface area contributed by atoms with E-state index < -0.39 is 0 Å². The Kier molecular flexibility index (Phi) is 6.58. The van der Waals surface area contributed by atoms with Gasteiger partial charge >= 0.3 is 0 Å². The average Bonchev–Trinajstić information content (AvgIpc) is 3.32. The first-order valence-corrected chi connectivity index (χ1v) is 7.90. The zero-order valence-electron chi connectivity index (χ0n) is 14.3. The van der Waals surface area contributed by atoms with E-state index in [0.717, 1.165) is 19.5 Å². The van der Waals surface area contributed by atoms with Gasteiger partial charge in [0.2, 0.25) is 0 Å². The first-order chi connectivity index (χ1) is 10.4. The highest BCUT2D eigenvalue weighted by molar-refractivity contribution is 4.85. The van der Waals surface area contributed by atoms with Crippen molar-refractivity contribution in [3.8, 4) is 0 Å². The normalized spacial score (nSPS) is 32.0. The number of nitrogens with one attached hydrogen (secondary N) is 2. The molecule has 0 aromatic heterocycles. The minimum absolute atomic E-state index is 0.0176. The summed E-state index contributed by atoms with van der Waals surface area (Å²) in [7, 11) is 3.36. The summed E-state index contributed by atoms with van der Waals surface area (Å²) in [5.74, 6) is 0. The average molecular weight is 318 g/mol. The Morgan fingerprint density at radius 1 is 1.09 bits per heavy atom.